The van der Waals surface area contributed by atoms with Gasteiger partial charge in [0.05, 0.1) is 5.56 Å². The van der Waals surface area contributed by atoms with E-state index < -0.39 is 11.7 Å². The number of amides is 1. The van der Waals surface area contributed by atoms with Crippen LogP contribution in [-0.2, 0) is 11.2 Å². The average molecular weight is 334 g/mol. The molecule has 0 bridgehead atoms. The lowest BCUT2D eigenvalue weighted by molar-refractivity contribution is -0.112. The average Bonchev–Trinajstić information content (AvgIpc) is 2.96. The van der Waals surface area contributed by atoms with Gasteiger partial charge in [0, 0.05) is 22.3 Å². The van der Waals surface area contributed by atoms with E-state index in [1.807, 2.05) is 55.5 Å². The Hall–Kier alpha value is -2.88. The van der Waals surface area contributed by atoms with Crippen molar-refractivity contribution in [3.63, 3.8) is 0 Å². The molecule has 0 saturated carbocycles. The van der Waals surface area contributed by atoms with Gasteiger partial charge in [0.25, 0.3) is 11.7 Å². The summed E-state index contributed by atoms with van der Waals surface area (Å²) in [7, 11) is 0. The summed E-state index contributed by atoms with van der Waals surface area (Å²) in [4.78, 5) is 28.2. The first-order chi connectivity index (χ1) is 12.1. The maximum atomic E-state index is 12.6. The standard InChI is InChI=1S/C21H22N2O2/c1-3-4-7-15-10-12-16(13-11-15)23-21(25)20(24)19-14(2)22-18-9-6-5-8-17(18)19/h5-6,8-13,22H,3-4,7H2,1-2H3,(H,23,25). The minimum atomic E-state index is -0.617. The van der Waals surface area contributed by atoms with Crippen LogP contribution in [-0.4, -0.2) is 16.7 Å². The topological polar surface area (TPSA) is 62.0 Å². The van der Waals surface area contributed by atoms with Crippen LogP contribution < -0.4 is 5.32 Å². The largest absolute Gasteiger partial charge is 0.358 e. The molecule has 1 amide bonds. The third-order valence-corrected chi connectivity index (χ3v) is 4.36. The number of hydrogen-bond donors (Lipinski definition) is 2. The Kier molecular flexibility index (Phi) is 4.98. The molecule has 0 aliphatic heterocycles. The predicted molar refractivity (Wildman–Crippen MR) is 101 cm³/mol. The first-order valence-corrected chi connectivity index (χ1v) is 8.62. The minimum Gasteiger partial charge on any atom is -0.358 e. The highest BCUT2D eigenvalue weighted by Gasteiger charge is 2.22. The van der Waals surface area contributed by atoms with Crippen LogP contribution in [0.25, 0.3) is 10.9 Å². The van der Waals surface area contributed by atoms with Crippen LogP contribution in [0.4, 0.5) is 5.69 Å². The van der Waals surface area contributed by atoms with Gasteiger partial charge in [-0.1, -0.05) is 43.7 Å². The highest BCUT2D eigenvalue weighted by Crippen LogP contribution is 2.23. The number of benzene rings is 2. The Morgan fingerprint density at radius 3 is 2.48 bits per heavy atom. The highest BCUT2D eigenvalue weighted by atomic mass is 16.2. The zero-order valence-corrected chi connectivity index (χ0v) is 14.6. The fourth-order valence-electron chi connectivity index (χ4n) is 3.01. The number of para-hydroxylation sites is 1. The van der Waals surface area contributed by atoms with Crippen LogP contribution in [0.2, 0.25) is 0 Å². The van der Waals surface area contributed by atoms with Gasteiger partial charge in [0.1, 0.15) is 0 Å². The number of unbranched alkanes of at least 4 members (excludes halogenated alkanes) is 1. The van der Waals surface area contributed by atoms with E-state index in [1.54, 1.807) is 0 Å². The predicted octanol–water partition coefficient (Wildman–Crippen LogP) is 4.64. The second-order valence-electron chi connectivity index (χ2n) is 6.25. The van der Waals surface area contributed by atoms with E-state index in [9.17, 15) is 9.59 Å². The summed E-state index contributed by atoms with van der Waals surface area (Å²) in [6.45, 7) is 3.97. The van der Waals surface area contributed by atoms with Crippen LogP contribution in [0.3, 0.4) is 0 Å². The van der Waals surface area contributed by atoms with Gasteiger partial charge in [0.15, 0.2) is 0 Å². The minimum absolute atomic E-state index is 0.438. The van der Waals surface area contributed by atoms with Crippen molar-refractivity contribution in [1.29, 1.82) is 0 Å². The normalized spacial score (nSPS) is 10.8. The summed E-state index contributed by atoms with van der Waals surface area (Å²) in [6, 6.07) is 15.2. The number of aryl methyl sites for hydroxylation is 2. The molecule has 25 heavy (non-hydrogen) atoms. The Morgan fingerprint density at radius 2 is 1.76 bits per heavy atom. The molecule has 0 aliphatic carbocycles. The number of hydrogen-bond acceptors (Lipinski definition) is 2. The lowest BCUT2D eigenvalue weighted by atomic mass is 10.1. The Morgan fingerprint density at radius 1 is 1.04 bits per heavy atom. The van der Waals surface area contributed by atoms with Crippen LogP contribution in [0.15, 0.2) is 48.5 Å². The molecular formula is C21H22N2O2. The first-order valence-electron chi connectivity index (χ1n) is 8.62. The number of Topliss-reactive ketones (excluding diaryl/α,β-unsaturated/α-hetero) is 1. The fourth-order valence-corrected chi connectivity index (χ4v) is 3.01. The van der Waals surface area contributed by atoms with E-state index in [2.05, 4.69) is 17.2 Å². The number of carbonyl (C=O) groups excluding carboxylic acids is 2. The third kappa shape index (κ3) is 3.63. The van der Waals surface area contributed by atoms with Crippen molar-refractivity contribution in [2.45, 2.75) is 33.1 Å². The second kappa shape index (κ2) is 7.34. The molecule has 0 atom stereocenters. The summed E-state index contributed by atoms with van der Waals surface area (Å²) in [5.41, 5.74) is 3.87. The number of nitrogens with one attached hydrogen (secondary N) is 2. The lowest BCUT2D eigenvalue weighted by Gasteiger charge is -2.06. The maximum absolute atomic E-state index is 12.6. The van der Waals surface area contributed by atoms with E-state index in [0.29, 0.717) is 16.9 Å². The van der Waals surface area contributed by atoms with Gasteiger partial charge in [-0.3, -0.25) is 9.59 Å². The van der Waals surface area contributed by atoms with Crippen molar-refractivity contribution in [3.8, 4) is 0 Å². The maximum Gasteiger partial charge on any atom is 0.296 e. The second-order valence-corrected chi connectivity index (χ2v) is 6.25. The molecule has 4 heteroatoms. The summed E-state index contributed by atoms with van der Waals surface area (Å²) < 4.78 is 0. The molecule has 3 rings (SSSR count). The molecule has 1 heterocycles. The zero-order valence-electron chi connectivity index (χ0n) is 14.6. The molecule has 0 saturated heterocycles. The summed E-state index contributed by atoms with van der Waals surface area (Å²) in [5, 5.41) is 3.48. The molecule has 4 nitrogen and oxygen atoms in total. The molecule has 128 valence electrons. The molecule has 2 aromatic carbocycles. The number of anilines is 1. The molecule has 1 aromatic heterocycles. The number of aromatic amines is 1. The quantitative estimate of drug-likeness (QED) is 0.509. The van der Waals surface area contributed by atoms with E-state index >= 15 is 0 Å². The highest BCUT2D eigenvalue weighted by molar-refractivity contribution is 6.48. The van der Waals surface area contributed by atoms with Crippen molar-refractivity contribution in [2.24, 2.45) is 0 Å². The van der Waals surface area contributed by atoms with E-state index in [4.69, 9.17) is 0 Å². The van der Waals surface area contributed by atoms with Crippen LogP contribution >= 0.6 is 0 Å². The molecular weight excluding hydrogens is 312 g/mol. The SMILES string of the molecule is CCCCc1ccc(NC(=O)C(=O)c2c(C)[nH]c3ccccc23)cc1. The van der Waals surface area contributed by atoms with Crippen LogP contribution in [0, 0.1) is 6.92 Å². The molecule has 0 radical (unpaired) electrons. The van der Waals surface area contributed by atoms with Gasteiger partial charge >= 0.3 is 0 Å². The summed E-state index contributed by atoms with van der Waals surface area (Å²) >= 11 is 0. The Balaban J connectivity index is 1.76. The van der Waals surface area contributed by atoms with Crippen LogP contribution in [0.1, 0.15) is 41.4 Å². The van der Waals surface area contributed by atoms with Crippen LogP contribution in [0.5, 0.6) is 0 Å². The summed E-state index contributed by atoms with van der Waals surface area (Å²) in [6.07, 6.45) is 3.32. The van der Waals surface area contributed by atoms with Gasteiger partial charge < -0.3 is 10.3 Å². The number of aromatic nitrogens is 1. The van der Waals surface area contributed by atoms with Crippen molar-refractivity contribution >= 4 is 28.3 Å². The smallest absolute Gasteiger partial charge is 0.296 e. The Labute approximate surface area is 147 Å². The van der Waals surface area contributed by atoms with Gasteiger partial charge in [0.2, 0.25) is 0 Å². The molecule has 0 aliphatic rings. The molecule has 0 fully saturated rings. The molecule has 3 aromatic rings. The fraction of sp³-hybridized carbons (Fsp3) is 0.238. The molecule has 2 N–H and O–H groups in total. The Bertz CT molecular complexity index is 907. The summed E-state index contributed by atoms with van der Waals surface area (Å²) in [5.74, 6) is -1.14. The lowest BCUT2D eigenvalue weighted by Crippen LogP contribution is -2.23. The van der Waals surface area contributed by atoms with E-state index in [1.165, 1.54) is 5.56 Å². The molecule has 0 spiro atoms. The third-order valence-electron chi connectivity index (χ3n) is 4.36. The van der Waals surface area contributed by atoms with Crippen molar-refractivity contribution in [3.05, 3.63) is 65.4 Å². The van der Waals surface area contributed by atoms with Gasteiger partial charge in [-0.05, 0) is 43.5 Å². The number of rotatable bonds is 6. The van der Waals surface area contributed by atoms with E-state index in [-0.39, 0.29) is 0 Å². The number of carbonyl (C=O) groups is 2. The van der Waals surface area contributed by atoms with Gasteiger partial charge in [-0.25, -0.2) is 0 Å². The monoisotopic (exact) mass is 334 g/mol. The van der Waals surface area contributed by atoms with Crippen molar-refractivity contribution < 1.29 is 9.59 Å². The number of H-pyrrole nitrogens is 1. The molecule has 0 unspecified atom stereocenters. The number of fused-ring (bicyclic) bond motifs is 1. The van der Waals surface area contributed by atoms with Gasteiger partial charge in [-0.2, -0.15) is 0 Å². The van der Waals surface area contributed by atoms with Gasteiger partial charge in [-0.15, -0.1) is 0 Å². The van der Waals surface area contributed by atoms with Crippen molar-refractivity contribution in [2.75, 3.05) is 5.32 Å². The van der Waals surface area contributed by atoms with E-state index in [0.717, 1.165) is 30.2 Å². The zero-order chi connectivity index (χ0) is 17.8. The first kappa shape index (κ1) is 17.0. The number of ketones is 1. The van der Waals surface area contributed by atoms with Crippen molar-refractivity contribution in [1.82, 2.24) is 4.98 Å².